The topological polar surface area (TPSA) is 81.2 Å². The van der Waals surface area contributed by atoms with Gasteiger partial charge in [-0.1, -0.05) is 24.3 Å². The van der Waals surface area contributed by atoms with Crippen molar-refractivity contribution in [3.63, 3.8) is 0 Å². The van der Waals surface area contributed by atoms with Crippen LogP contribution in [0.25, 0.3) is 10.7 Å². The van der Waals surface area contributed by atoms with Gasteiger partial charge in [-0.3, -0.25) is 9.78 Å². The van der Waals surface area contributed by atoms with Crippen LogP contribution >= 0.6 is 11.3 Å². The number of esters is 1. The second-order valence-electron chi connectivity index (χ2n) is 6.38. The van der Waals surface area contributed by atoms with Gasteiger partial charge in [-0.25, -0.2) is 9.78 Å². The number of thiazole rings is 1. The molecule has 0 radical (unpaired) electrons. The summed E-state index contributed by atoms with van der Waals surface area (Å²) in [4.78, 5) is 33.9. The van der Waals surface area contributed by atoms with E-state index < -0.39 is 5.97 Å². The van der Waals surface area contributed by atoms with Crippen LogP contribution in [0.1, 0.15) is 25.7 Å². The lowest BCUT2D eigenvalue weighted by atomic mass is 10.2. The van der Waals surface area contributed by atoms with Crippen LogP contribution in [0.15, 0.2) is 79.0 Å². The van der Waals surface area contributed by atoms with Crippen LogP contribution in [-0.4, -0.2) is 21.8 Å². The van der Waals surface area contributed by atoms with Gasteiger partial charge in [-0.05, 0) is 55.5 Å². The van der Waals surface area contributed by atoms with E-state index in [0.29, 0.717) is 38.3 Å². The summed E-state index contributed by atoms with van der Waals surface area (Å²) >= 11 is 1.24. The van der Waals surface area contributed by atoms with E-state index in [1.165, 1.54) is 11.3 Å². The quantitative estimate of drug-likeness (QED) is 0.367. The van der Waals surface area contributed by atoms with Crippen molar-refractivity contribution in [2.24, 2.45) is 0 Å². The van der Waals surface area contributed by atoms with E-state index >= 15 is 0 Å². The molecule has 0 unspecified atom stereocenters. The zero-order valence-corrected chi connectivity index (χ0v) is 16.8. The predicted molar refractivity (Wildman–Crippen MR) is 116 cm³/mol. The molecule has 0 atom stereocenters. The summed E-state index contributed by atoms with van der Waals surface area (Å²) in [6.45, 7) is 1.77. The molecule has 2 heterocycles. The van der Waals surface area contributed by atoms with Crippen LogP contribution in [0.4, 0.5) is 5.69 Å². The highest BCUT2D eigenvalue weighted by Gasteiger charge is 2.19. The van der Waals surface area contributed by atoms with Gasteiger partial charge in [0.2, 0.25) is 0 Å². The minimum atomic E-state index is -0.478. The van der Waals surface area contributed by atoms with Crippen LogP contribution in [0, 0.1) is 6.92 Å². The fourth-order valence-electron chi connectivity index (χ4n) is 2.74. The maximum atomic E-state index is 12.6. The predicted octanol–water partition coefficient (Wildman–Crippen LogP) is 4.99. The standard InChI is InChI=1S/C23H17N3O3S/c1-15-20(30-22(25-15)19-9-5-6-14-24-19)23(28)29-18-12-10-17(11-13-18)26-21(27)16-7-3-2-4-8-16/h2-14H,1H3,(H,26,27). The molecular formula is C23H17N3O3S. The number of aryl methyl sites for hydroxylation is 1. The fraction of sp³-hybridized carbons (Fsp3) is 0.0435. The molecule has 6 nitrogen and oxygen atoms in total. The highest BCUT2D eigenvalue weighted by molar-refractivity contribution is 7.17. The first kappa shape index (κ1) is 19.5. The number of ether oxygens (including phenoxy) is 1. The highest BCUT2D eigenvalue weighted by Crippen LogP contribution is 2.27. The third-order valence-corrected chi connectivity index (χ3v) is 5.38. The number of amides is 1. The first-order valence-electron chi connectivity index (χ1n) is 9.17. The Morgan fingerprint density at radius 2 is 1.67 bits per heavy atom. The number of hydrogen-bond donors (Lipinski definition) is 1. The molecule has 30 heavy (non-hydrogen) atoms. The highest BCUT2D eigenvalue weighted by atomic mass is 32.1. The van der Waals surface area contributed by atoms with Crippen LogP contribution in [0.2, 0.25) is 0 Å². The zero-order valence-electron chi connectivity index (χ0n) is 16.0. The van der Waals surface area contributed by atoms with Gasteiger partial charge < -0.3 is 10.1 Å². The minimum absolute atomic E-state index is 0.206. The Morgan fingerprint density at radius 1 is 0.933 bits per heavy atom. The summed E-state index contributed by atoms with van der Waals surface area (Å²) in [5, 5.41) is 3.47. The number of nitrogens with zero attached hydrogens (tertiary/aromatic N) is 2. The molecule has 1 amide bonds. The van der Waals surface area contributed by atoms with Gasteiger partial charge in [0, 0.05) is 17.4 Å². The zero-order chi connectivity index (χ0) is 20.9. The summed E-state index contributed by atoms with van der Waals surface area (Å²) < 4.78 is 5.47. The molecule has 2 aromatic heterocycles. The van der Waals surface area contributed by atoms with Crippen molar-refractivity contribution in [1.82, 2.24) is 9.97 Å². The van der Waals surface area contributed by atoms with Crippen LogP contribution in [-0.2, 0) is 0 Å². The first-order chi connectivity index (χ1) is 14.6. The molecule has 1 N–H and O–H groups in total. The van der Waals surface area contributed by atoms with Crippen molar-refractivity contribution >= 4 is 28.9 Å². The van der Waals surface area contributed by atoms with Gasteiger partial charge in [0.05, 0.1) is 11.4 Å². The Bertz CT molecular complexity index is 1170. The number of carbonyl (C=O) groups is 2. The van der Waals surface area contributed by atoms with Crippen molar-refractivity contribution in [3.8, 4) is 16.5 Å². The third kappa shape index (κ3) is 4.42. The van der Waals surface area contributed by atoms with Gasteiger partial charge >= 0.3 is 5.97 Å². The summed E-state index contributed by atoms with van der Waals surface area (Å²) in [6.07, 6.45) is 1.68. The monoisotopic (exact) mass is 415 g/mol. The number of aromatic nitrogens is 2. The molecule has 0 fully saturated rings. The Hall–Kier alpha value is -3.84. The van der Waals surface area contributed by atoms with Crippen LogP contribution < -0.4 is 10.1 Å². The molecule has 4 rings (SSSR count). The summed E-state index contributed by atoms with van der Waals surface area (Å²) in [5.74, 6) is -0.305. The van der Waals surface area contributed by atoms with Gasteiger partial charge in [0.1, 0.15) is 15.6 Å². The van der Waals surface area contributed by atoms with E-state index in [1.807, 2.05) is 24.3 Å². The van der Waals surface area contributed by atoms with Gasteiger partial charge in [0.25, 0.3) is 5.91 Å². The Balaban J connectivity index is 1.43. The van der Waals surface area contributed by atoms with Crippen LogP contribution in [0.5, 0.6) is 5.75 Å². The molecule has 0 aliphatic carbocycles. The molecule has 0 aliphatic rings. The van der Waals surface area contributed by atoms with E-state index in [4.69, 9.17) is 4.74 Å². The van der Waals surface area contributed by atoms with Crippen molar-refractivity contribution in [2.75, 3.05) is 5.32 Å². The van der Waals surface area contributed by atoms with Gasteiger partial charge in [-0.15, -0.1) is 11.3 Å². The van der Waals surface area contributed by atoms with E-state index in [-0.39, 0.29) is 5.91 Å². The number of rotatable bonds is 5. The smallest absolute Gasteiger partial charge is 0.355 e. The molecule has 7 heteroatoms. The number of nitrogens with one attached hydrogen (secondary N) is 1. The molecule has 0 spiro atoms. The van der Waals surface area contributed by atoms with E-state index in [9.17, 15) is 9.59 Å². The third-order valence-electron chi connectivity index (χ3n) is 4.22. The first-order valence-corrected chi connectivity index (χ1v) is 9.99. The molecule has 0 saturated heterocycles. The number of hydrogen-bond acceptors (Lipinski definition) is 6. The lowest BCUT2D eigenvalue weighted by Gasteiger charge is -2.07. The lowest BCUT2D eigenvalue weighted by Crippen LogP contribution is -2.12. The molecule has 0 saturated carbocycles. The van der Waals surface area contributed by atoms with Crippen molar-refractivity contribution in [2.45, 2.75) is 6.92 Å². The van der Waals surface area contributed by atoms with E-state index in [0.717, 1.165) is 0 Å². The van der Waals surface area contributed by atoms with Gasteiger partial charge in [-0.2, -0.15) is 0 Å². The fourth-order valence-corrected chi connectivity index (χ4v) is 3.66. The Labute approximate surface area is 177 Å². The Kier molecular flexibility index (Phi) is 5.63. The number of pyridine rings is 1. The molecular weight excluding hydrogens is 398 g/mol. The molecule has 4 aromatic rings. The van der Waals surface area contributed by atoms with Crippen molar-refractivity contribution < 1.29 is 14.3 Å². The molecule has 148 valence electrons. The summed E-state index contributed by atoms with van der Waals surface area (Å²) in [7, 11) is 0. The Morgan fingerprint density at radius 3 is 2.37 bits per heavy atom. The number of anilines is 1. The number of carbonyl (C=O) groups excluding carboxylic acids is 2. The largest absolute Gasteiger partial charge is 0.422 e. The summed E-state index contributed by atoms with van der Waals surface area (Å²) in [6, 6.07) is 21.1. The van der Waals surface area contributed by atoms with Gasteiger partial charge in [0.15, 0.2) is 0 Å². The van der Waals surface area contributed by atoms with E-state index in [2.05, 4.69) is 15.3 Å². The molecule has 0 bridgehead atoms. The second kappa shape index (κ2) is 8.67. The van der Waals surface area contributed by atoms with Crippen LogP contribution in [0.3, 0.4) is 0 Å². The maximum Gasteiger partial charge on any atom is 0.355 e. The van der Waals surface area contributed by atoms with Crippen molar-refractivity contribution in [3.05, 3.63) is 95.1 Å². The second-order valence-corrected chi connectivity index (χ2v) is 7.38. The number of benzene rings is 2. The molecule has 2 aromatic carbocycles. The normalized spacial score (nSPS) is 10.4. The summed E-state index contributed by atoms with van der Waals surface area (Å²) in [5.41, 5.74) is 2.48. The minimum Gasteiger partial charge on any atom is -0.422 e. The average molecular weight is 415 g/mol. The van der Waals surface area contributed by atoms with Crippen molar-refractivity contribution in [1.29, 1.82) is 0 Å². The molecule has 0 aliphatic heterocycles. The lowest BCUT2D eigenvalue weighted by molar-refractivity contribution is 0.0738. The SMILES string of the molecule is Cc1nc(-c2ccccn2)sc1C(=O)Oc1ccc(NC(=O)c2ccccc2)cc1. The maximum absolute atomic E-state index is 12.6. The van der Waals surface area contributed by atoms with E-state index in [1.54, 1.807) is 61.7 Å². The average Bonchev–Trinajstić information content (AvgIpc) is 3.18.